The third kappa shape index (κ3) is 3.43. The molecule has 3 rings (SSSR count). The van der Waals surface area contributed by atoms with E-state index in [1.54, 1.807) is 6.92 Å². The van der Waals surface area contributed by atoms with Gasteiger partial charge in [-0.2, -0.15) is 0 Å². The second-order valence-electron chi connectivity index (χ2n) is 5.70. The van der Waals surface area contributed by atoms with Crippen molar-refractivity contribution in [3.05, 3.63) is 48.3 Å². The lowest BCUT2D eigenvalue weighted by Gasteiger charge is -2.36. The summed E-state index contributed by atoms with van der Waals surface area (Å²) >= 11 is 0. The van der Waals surface area contributed by atoms with E-state index in [1.807, 2.05) is 0 Å². The van der Waals surface area contributed by atoms with E-state index < -0.39 is 33.9 Å². The first kappa shape index (κ1) is 18.6. The van der Waals surface area contributed by atoms with Crippen LogP contribution < -0.4 is 19.5 Å². The van der Waals surface area contributed by atoms with E-state index in [0.29, 0.717) is 0 Å². The first-order valence-corrected chi connectivity index (χ1v) is 9.31. The van der Waals surface area contributed by atoms with Crippen LogP contribution in [0.1, 0.15) is 13.3 Å². The van der Waals surface area contributed by atoms with Crippen molar-refractivity contribution in [1.29, 1.82) is 0 Å². The molecule has 0 bridgehead atoms. The lowest BCUT2D eigenvalue weighted by atomic mass is 10.1. The number of sulfonamides is 1. The van der Waals surface area contributed by atoms with E-state index in [-0.39, 0.29) is 28.4 Å². The number of carboxylic acid groups (broad SMARTS) is 1. The minimum Gasteiger partial charge on any atom is -0.514 e. The number of benzene rings is 2. The molecule has 1 aliphatic rings. The standard InChI is InChI=1S/C17H15FN2O6S/c1-2-14-16(21)19-13-8-3-10(18)9-15(13)20(14)27(24,25)12-6-4-11(5-7-12)26-17(22)23/h3-9,14H,2H2,1H3,(H,19,21)(H,22,23)/p-1/t14-/m0/s1. The minimum atomic E-state index is -4.24. The number of amides is 1. The maximum Gasteiger partial charge on any atom is 0.265 e. The van der Waals surface area contributed by atoms with Crippen LogP contribution in [-0.2, 0) is 14.8 Å². The third-order valence-electron chi connectivity index (χ3n) is 4.01. The number of anilines is 2. The highest BCUT2D eigenvalue weighted by atomic mass is 32.2. The van der Waals surface area contributed by atoms with Crippen LogP contribution in [0.3, 0.4) is 0 Å². The quantitative estimate of drug-likeness (QED) is 0.621. The maximum atomic E-state index is 13.7. The Balaban J connectivity index is 2.10. The predicted molar refractivity (Wildman–Crippen MR) is 91.2 cm³/mol. The van der Waals surface area contributed by atoms with Gasteiger partial charge in [-0.1, -0.05) is 6.92 Å². The van der Waals surface area contributed by atoms with Crippen LogP contribution in [0.15, 0.2) is 47.4 Å². The van der Waals surface area contributed by atoms with Crippen molar-refractivity contribution in [3.63, 3.8) is 0 Å². The van der Waals surface area contributed by atoms with Gasteiger partial charge in [0.25, 0.3) is 16.2 Å². The summed E-state index contributed by atoms with van der Waals surface area (Å²) in [7, 11) is -4.24. The van der Waals surface area contributed by atoms with Gasteiger partial charge < -0.3 is 20.0 Å². The second kappa shape index (κ2) is 6.88. The summed E-state index contributed by atoms with van der Waals surface area (Å²) < 4.78 is 45.3. The van der Waals surface area contributed by atoms with Crippen molar-refractivity contribution >= 4 is 33.5 Å². The van der Waals surface area contributed by atoms with Crippen LogP contribution in [0.5, 0.6) is 5.75 Å². The molecule has 0 spiro atoms. The number of rotatable bonds is 4. The average molecular weight is 393 g/mol. The van der Waals surface area contributed by atoms with E-state index in [0.717, 1.165) is 40.7 Å². The molecule has 142 valence electrons. The van der Waals surface area contributed by atoms with Crippen molar-refractivity contribution in [3.8, 4) is 5.75 Å². The summed E-state index contributed by atoms with van der Waals surface area (Å²) in [6.07, 6.45) is -1.62. The molecule has 1 heterocycles. The van der Waals surface area contributed by atoms with Crippen LogP contribution >= 0.6 is 0 Å². The first-order valence-electron chi connectivity index (χ1n) is 7.87. The predicted octanol–water partition coefficient (Wildman–Crippen LogP) is 1.47. The number of nitrogens with zero attached hydrogens (tertiary/aromatic N) is 1. The molecule has 1 N–H and O–H groups in total. The lowest BCUT2D eigenvalue weighted by molar-refractivity contribution is -0.271. The molecule has 0 aromatic heterocycles. The highest BCUT2D eigenvalue weighted by Crippen LogP contribution is 2.37. The Morgan fingerprint density at radius 1 is 1.26 bits per heavy atom. The van der Waals surface area contributed by atoms with Crippen molar-refractivity contribution in [2.75, 3.05) is 9.62 Å². The summed E-state index contributed by atoms with van der Waals surface area (Å²) in [5.74, 6) is -1.31. The van der Waals surface area contributed by atoms with Gasteiger partial charge >= 0.3 is 0 Å². The lowest BCUT2D eigenvalue weighted by Crippen LogP contribution is -2.50. The number of nitrogens with one attached hydrogen (secondary N) is 1. The van der Waals surface area contributed by atoms with Gasteiger partial charge in [0.05, 0.1) is 22.0 Å². The molecule has 0 fully saturated rings. The van der Waals surface area contributed by atoms with Gasteiger partial charge in [-0.25, -0.2) is 12.8 Å². The largest absolute Gasteiger partial charge is 0.514 e. The van der Waals surface area contributed by atoms with Gasteiger partial charge in [-0.15, -0.1) is 0 Å². The Bertz CT molecular complexity index is 1010. The first-order chi connectivity index (χ1) is 12.7. The number of fused-ring (bicyclic) bond motifs is 1. The molecule has 0 radical (unpaired) electrons. The molecule has 0 unspecified atom stereocenters. The summed E-state index contributed by atoms with van der Waals surface area (Å²) in [4.78, 5) is 22.6. The fraction of sp³-hybridized carbons (Fsp3) is 0.176. The monoisotopic (exact) mass is 393 g/mol. The maximum absolute atomic E-state index is 13.7. The van der Waals surface area contributed by atoms with Gasteiger partial charge in [-0.3, -0.25) is 9.10 Å². The molecule has 1 amide bonds. The van der Waals surface area contributed by atoms with E-state index in [4.69, 9.17) is 0 Å². The molecule has 0 aliphatic carbocycles. The Kier molecular flexibility index (Phi) is 4.75. The molecule has 8 nitrogen and oxygen atoms in total. The van der Waals surface area contributed by atoms with Crippen LogP contribution in [0.2, 0.25) is 0 Å². The number of carbonyl (C=O) groups excluding carboxylic acids is 2. The van der Waals surface area contributed by atoms with Crippen molar-refractivity contribution in [1.82, 2.24) is 0 Å². The van der Waals surface area contributed by atoms with E-state index in [9.17, 15) is 27.5 Å². The summed E-state index contributed by atoms with van der Waals surface area (Å²) in [6, 6.07) is 6.90. The van der Waals surface area contributed by atoms with Crippen molar-refractivity contribution < 1.29 is 32.2 Å². The molecule has 0 saturated heterocycles. The van der Waals surface area contributed by atoms with Gasteiger partial charge in [-0.05, 0) is 42.8 Å². The van der Waals surface area contributed by atoms with Crippen LogP contribution in [0, 0.1) is 5.82 Å². The Hall–Kier alpha value is -3.14. The fourth-order valence-electron chi connectivity index (χ4n) is 2.82. The number of hydrogen-bond acceptors (Lipinski definition) is 6. The van der Waals surface area contributed by atoms with Crippen LogP contribution in [0.25, 0.3) is 0 Å². The Labute approximate surface area is 154 Å². The smallest absolute Gasteiger partial charge is 0.265 e. The van der Waals surface area contributed by atoms with Crippen LogP contribution in [-0.4, -0.2) is 26.5 Å². The number of ether oxygens (including phenoxy) is 1. The molecule has 2 aromatic rings. The molecular formula is C17H14FN2O6S-. The van der Waals surface area contributed by atoms with E-state index >= 15 is 0 Å². The third-order valence-corrected chi connectivity index (χ3v) is 5.85. The second-order valence-corrected chi connectivity index (χ2v) is 7.51. The van der Waals surface area contributed by atoms with Gasteiger partial charge in [0.2, 0.25) is 5.91 Å². The molecule has 2 aromatic carbocycles. The summed E-state index contributed by atoms with van der Waals surface area (Å²) in [5, 5.41) is 13.0. The molecule has 27 heavy (non-hydrogen) atoms. The van der Waals surface area contributed by atoms with Crippen molar-refractivity contribution in [2.24, 2.45) is 0 Å². The minimum absolute atomic E-state index is 0.0107. The highest BCUT2D eigenvalue weighted by molar-refractivity contribution is 7.93. The topological polar surface area (TPSA) is 116 Å². The highest BCUT2D eigenvalue weighted by Gasteiger charge is 2.40. The van der Waals surface area contributed by atoms with E-state index in [1.165, 1.54) is 6.07 Å². The fourth-order valence-corrected chi connectivity index (χ4v) is 4.52. The van der Waals surface area contributed by atoms with Crippen molar-refractivity contribution in [2.45, 2.75) is 24.3 Å². The summed E-state index contributed by atoms with van der Waals surface area (Å²) in [6.45, 7) is 1.63. The Morgan fingerprint density at radius 3 is 2.52 bits per heavy atom. The van der Waals surface area contributed by atoms with Crippen LogP contribution in [0.4, 0.5) is 20.6 Å². The zero-order chi connectivity index (χ0) is 19.8. The molecule has 0 saturated carbocycles. The zero-order valence-electron chi connectivity index (χ0n) is 14.0. The number of carbonyl (C=O) groups is 2. The average Bonchev–Trinajstić information content (AvgIpc) is 2.60. The number of halogens is 1. The molecule has 10 heteroatoms. The van der Waals surface area contributed by atoms with Gasteiger partial charge in [0.15, 0.2) is 0 Å². The summed E-state index contributed by atoms with van der Waals surface area (Å²) in [5.41, 5.74) is 0.183. The number of hydrogen-bond donors (Lipinski definition) is 1. The molecule has 1 aliphatic heterocycles. The Morgan fingerprint density at radius 2 is 1.93 bits per heavy atom. The van der Waals surface area contributed by atoms with Gasteiger partial charge in [0.1, 0.15) is 11.9 Å². The zero-order valence-corrected chi connectivity index (χ0v) is 14.8. The molecule has 1 atom stereocenters. The van der Waals surface area contributed by atoms with Gasteiger partial charge in [0, 0.05) is 6.07 Å². The normalized spacial score (nSPS) is 16.4. The molecular weight excluding hydrogens is 379 g/mol. The van der Waals surface area contributed by atoms with E-state index in [2.05, 4.69) is 10.1 Å². The SMILES string of the molecule is CC[C@H]1C(=O)Nc2ccc(F)cc2N1S(=O)(=O)c1ccc(OC(=O)[O-])cc1.